The van der Waals surface area contributed by atoms with Gasteiger partial charge < -0.3 is 9.47 Å². The van der Waals surface area contributed by atoms with Gasteiger partial charge in [0.25, 0.3) is 5.91 Å². The highest BCUT2D eigenvalue weighted by molar-refractivity contribution is 5.93. The number of hydrogen-bond donors (Lipinski definition) is 0. The van der Waals surface area contributed by atoms with Gasteiger partial charge >= 0.3 is 0 Å². The van der Waals surface area contributed by atoms with E-state index in [-0.39, 0.29) is 5.91 Å². The van der Waals surface area contributed by atoms with E-state index in [0.29, 0.717) is 12.1 Å². The first-order valence-corrected chi connectivity index (χ1v) is 8.29. The van der Waals surface area contributed by atoms with E-state index in [4.69, 9.17) is 0 Å². The molecule has 4 rings (SSSR count). The van der Waals surface area contributed by atoms with Crippen molar-refractivity contribution in [3.8, 4) is 0 Å². The molecular weight excluding hydrogens is 288 g/mol. The topological polar surface area (TPSA) is 41.4 Å². The third-order valence-electron chi connectivity index (χ3n) is 5.22. The van der Waals surface area contributed by atoms with Crippen molar-refractivity contribution in [2.75, 3.05) is 13.1 Å². The number of pyridine rings is 1. The Morgan fingerprint density at radius 1 is 1.22 bits per heavy atom. The number of carbonyl (C=O) groups excluding carboxylic acids is 1. The minimum absolute atomic E-state index is 0.174. The fourth-order valence-corrected chi connectivity index (χ4v) is 4.08. The Morgan fingerprint density at radius 2 is 2.09 bits per heavy atom. The van der Waals surface area contributed by atoms with Crippen LogP contribution in [-0.4, -0.2) is 50.4 Å². The van der Waals surface area contributed by atoms with E-state index >= 15 is 0 Å². The predicted octanol–water partition coefficient (Wildman–Crippen LogP) is 1.91. The number of rotatable bonds is 3. The number of amides is 1. The summed E-state index contributed by atoms with van der Waals surface area (Å²) in [4.78, 5) is 21.6. The number of hydrogen-bond acceptors (Lipinski definition) is 3. The lowest BCUT2D eigenvalue weighted by Crippen LogP contribution is -2.40. The largest absolute Gasteiger partial charge is 0.347 e. The molecule has 2 saturated heterocycles. The van der Waals surface area contributed by atoms with E-state index in [1.165, 1.54) is 5.56 Å². The van der Waals surface area contributed by atoms with Gasteiger partial charge in [-0.15, -0.1) is 0 Å². The van der Waals surface area contributed by atoms with Gasteiger partial charge in [0.15, 0.2) is 0 Å². The molecular formula is C18H22N4O. The smallest absolute Gasteiger partial charge is 0.270 e. The van der Waals surface area contributed by atoms with Gasteiger partial charge in [-0.1, -0.05) is 6.07 Å². The zero-order valence-corrected chi connectivity index (χ0v) is 13.4. The molecule has 5 nitrogen and oxygen atoms in total. The van der Waals surface area contributed by atoms with E-state index in [2.05, 4.69) is 20.9 Å². The molecule has 0 aliphatic carbocycles. The highest BCUT2D eigenvalue weighted by Crippen LogP contribution is 2.33. The van der Waals surface area contributed by atoms with Gasteiger partial charge in [-0.3, -0.25) is 14.7 Å². The van der Waals surface area contributed by atoms with Gasteiger partial charge in [-0.25, -0.2) is 0 Å². The van der Waals surface area contributed by atoms with Gasteiger partial charge in [0.2, 0.25) is 0 Å². The lowest BCUT2D eigenvalue weighted by atomic mass is 10.1. The Hall–Kier alpha value is -2.14. The SMILES string of the molecule is Cn1cccc1C(=O)N1CC[C@H]2[C@H]1CCN2Cc1cccnc1. The van der Waals surface area contributed by atoms with Gasteiger partial charge in [0.05, 0.1) is 0 Å². The van der Waals surface area contributed by atoms with Crippen LogP contribution >= 0.6 is 0 Å². The number of aromatic nitrogens is 2. The van der Waals surface area contributed by atoms with Crippen LogP contribution in [0.1, 0.15) is 28.9 Å². The quantitative estimate of drug-likeness (QED) is 0.869. The maximum absolute atomic E-state index is 12.8. The first-order chi connectivity index (χ1) is 11.2. The number of carbonyl (C=O) groups is 1. The van der Waals surface area contributed by atoms with Crippen molar-refractivity contribution in [3.63, 3.8) is 0 Å². The molecule has 4 heterocycles. The molecule has 1 amide bonds. The third kappa shape index (κ3) is 2.55. The van der Waals surface area contributed by atoms with Crippen LogP contribution in [0, 0.1) is 0 Å². The summed E-state index contributed by atoms with van der Waals surface area (Å²) in [5.41, 5.74) is 2.04. The van der Waals surface area contributed by atoms with Crippen molar-refractivity contribution in [1.82, 2.24) is 19.4 Å². The number of fused-ring (bicyclic) bond motifs is 1. The Labute approximate surface area is 136 Å². The van der Waals surface area contributed by atoms with E-state index in [1.54, 1.807) is 0 Å². The summed E-state index contributed by atoms with van der Waals surface area (Å²) >= 11 is 0. The summed E-state index contributed by atoms with van der Waals surface area (Å²) in [6.45, 7) is 2.85. The average molecular weight is 310 g/mol. The fourth-order valence-electron chi connectivity index (χ4n) is 4.08. The van der Waals surface area contributed by atoms with Gasteiger partial charge in [-0.05, 0) is 36.6 Å². The second-order valence-corrected chi connectivity index (χ2v) is 6.55. The molecule has 23 heavy (non-hydrogen) atoms. The molecule has 0 bridgehead atoms. The Morgan fingerprint density at radius 3 is 2.83 bits per heavy atom. The van der Waals surface area contributed by atoms with Crippen molar-refractivity contribution in [2.45, 2.75) is 31.5 Å². The van der Waals surface area contributed by atoms with Crippen LogP contribution in [0.4, 0.5) is 0 Å². The van der Waals surface area contributed by atoms with Gasteiger partial charge in [-0.2, -0.15) is 0 Å². The zero-order valence-electron chi connectivity index (χ0n) is 13.4. The van der Waals surface area contributed by atoms with Crippen LogP contribution in [0.2, 0.25) is 0 Å². The number of nitrogens with zero attached hydrogens (tertiary/aromatic N) is 4. The van der Waals surface area contributed by atoms with E-state index in [1.807, 2.05) is 48.4 Å². The normalized spacial score (nSPS) is 24.1. The monoisotopic (exact) mass is 310 g/mol. The number of aryl methyl sites for hydroxylation is 1. The molecule has 2 aromatic rings. The Balaban J connectivity index is 1.48. The second kappa shape index (κ2) is 5.81. The molecule has 120 valence electrons. The summed E-state index contributed by atoms with van der Waals surface area (Å²) in [7, 11) is 1.93. The molecule has 0 saturated carbocycles. The molecule has 0 radical (unpaired) electrons. The van der Waals surface area contributed by atoms with E-state index < -0.39 is 0 Å². The van der Waals surface area contributed by atoms with Crippen LogP contribution in [0.25, 0.3) is 0 Å². The van der Waals surface area contributed by atoms with Crippen LogP contribution in [0.15, 0.2) is 42.9 Å². The Kier molecular flexibility index (Phi) is 3.65. The lowest BCUT2D eigenvalue weighted by Gasteiger charge is -2.25. The summed E-state index contributed by atoms with van der Waals surface area (Å²) in [6, 6.07) is 8.81. The molecule has 2 aliphatic rings. The summed E-state index contributed by atoms with van der Waals surface area (Å²) in [6.07, 6.45) is 7.83. The van der Waals surface area contributed by atoms with Crippen LogP contribution in [0.3, 0.4) is 0 Å². The maximum Gasteiger partial charge on any atom is 0.270 e. The molecule has 2 aliphatic heterocycles. The molecule has 0 aromatic carbocycles. The van der Waals surface area contributed by atoms with Crippen LogP contribution in [0.5, 0.6) is 0 Å². The van der Waals surface area contributed by atoms with Crippen molar-refractivity contribution in [3.05, 3.63) is 54.1 Å². The van der Waals surface area contributed by atoms with Crippen LogP contribution < -0.4 is 0 Å². The number of likely N-dealkylation sites (tertiary alicyclic amines) is 2. The second-order valence-electron chi connectivity index (χ2n) is 6.55. The van der Waals surface area contributed by atoms with Crippen LogP contribution in [-0.2, 0) is 13.6 Å². The molecule has 2 fully saturated rings. The maximum atomic E-state index is 12.8. The molecule has 5 heteroatoms. The lowest BCUT2D eigenvalue weighted by molar-refractivity contribution is 0.0722. The van der Waals surface area contributed by atoms with Crippen molar-refractivity contribution < 1.29 is 4.79 Å². The summed E-state index contributed by atoms with van der Waals surface area (Å²) in [5, 5.41) is 0. The Bertz CT molecular complexity index is 696. The first kappa shape index (κ1) is 14.5. The summed E-state index contributed by atoms with van der Waals surface area (Å²) in [5.74, 6) is 0.174. The van der Waals surface area contributed by atoms with Crippen molar-refractivity contribution >= 4 is 5.91 Å². The molecule has 0 unspecified atom stereocenters. The molecule has 2 aromatic heterocycles. The molecule has 2 atom stereocenters. The summed E-state index contributed by atoms with van der Waals surface area (Å²) < 4.78 is 1.91. The first-order valence-electron chi connectivity index (χ1n) is 8.29. The highest BCUT2D eigenvalue weighted by atomic mass is 16.2. The minimum atomic E-state index is 0.174. The van der Waals surface area contributed by atoms with Gasteiger partial charge in [0, 0.05) is 57.4 Å². The predicted molar refractivity (Wildman–Crippen MR) is 87.9 cm³/mol. The van der Waals surface area contributed by atoms with Crippen molar-refractivity contribution in [2.24, 2.45) is 7.05 Å². The average Bonchev–Trinajstić information content (AvgIpc) is 3.25. The van der Waals surface area contributed by atoms with Crippen molar-refractivity contribution in [1.29, 1.82) is 0 Å². The minimum Gasteiger partial charge on any atom is -0.347 e. The standard InChI is InChI=1S/C18H22N4O/c1-20-9-3-5-17(20)18(23)22-11-7-15-16(22)6-10-21(15)13-14-4-2-8-19-12-14/h2-5,8-9,12,15-16H,6-7,10-11,13H2,1H3/t15-,16+/m0/s1. The molecule has 0 spiro atoms. The molecule has 0 N–H and O–H groups in total. The van der Waals surface area contributed by atoms with E-state index in [9.17, 15) is 4.79 Å². The van der Waals surface area contributed by atoms with Gasteiger partial charge in [0.1, 0.15) is 5.69 Å². The highest BCUT2D eigenvalue weighted by Gasteiger charge is 2.44. The van der Waals surface area contributed by atoms with E-state index in [0.717, 1.165) is 38.2 Å². The fraction of sp³-hybridized carbons (Fsp3) is 0.444. The third-order valence-corrected chi connectivity index (χ3v) is 5.22. The zero-order chi connectivity index (χ0) is 15.8.